The van der Waals surface area contributed by atoms with Crippen molar-refractivity contribution in [3.63, 3.8) is 0 Å². The van der Waals surface area contributed by atoms with Gasteiger partial charge in [-0.25, -0.2) is 9.97 Å². The zero-order valence-electron chi connectivity index (χ0n) is 11.2. The van der Waals surface area contributed by atoms with Crippen LogP contribution in [0.15, 0.2) is 37.1 Å². The quantitative estimate of drug-likeness (QED) is 0.844. The summed E-state index contributed by atoms with van der Waals surface area (Å²) in [7, 11) is 0. The molecule has 4 heteroatoms. The average molecular weight is 254 g/mol. The van der Waals surface area contributed by atoms with Crippen LogP contribution in [-0.2, 0) is 6.54 Å². The number of nitrogens with zero attached hydrogens (tertiary/aromatic N) is 4. The van der Waals surface area contributed by atoms with Gasteiger partial charge in [0.1, 0.15) is 6.33 Å². The van der Waals surface area contributed by atoms with Crippen LogP contribution in [0.25, 0.3) is 0 Å². The molecule has 1 unspecified atom stereocenters. The molecule has 0 spiro atoms. The fourth-order valence-electron chi connectivity index (χ4n) is 2.73. The molecule has 1 saturated heterocycles. The van der Waals surface area contributed by atoms with Gasteiger partial charge in [-0.1, -0.05) is 0 Å². The number of aryl methyl sites for hydroxylation is 1. The number of aromatic nitrogens is 3. The Kier molecular flexibility index (Phi) is 3.51. The highest BCUT2D eigenvalue weighted by atomic mass is 15.2. The van der Waals surface area contributed by atoms with Crippen LogP contribution in [0.1, 0.15) is 35.7 Å². The van der Waals surface area contributed by atoms with Crippen molar-refractivity contribution in [2.45, 2.75) is 32.4 Å². The van der Waals surface area contributed by atoms with Gasteiger partial charge in [-0.15, -0.1) is 0 Å². The predicted molar refractivity (Wildman–Crippen MR) is 73.4 cm³/mol. The second kappa shape index (κ2) is 5.45. The van der Waals surface area contributed by atoms with Gasteiger partial charge in [-0.2, -0.15) is 0 Å². The molecule has 3 rings (SSSR count). The summed E-state index contributed by atoms with van der Waals surface area (Å²) in [6.07, 6.45) is 9.70. The summed E-state index contributed by atoms with van der Waals surface area (Å²) in [5, 5.41) is 0. The lowest BCUT2D eigenvalue weighted by Gasteiger charge is -2.24. The molecule has 1 aliphatic heterocycles. The number of hydrogen-bond acceptors (Lipinski definition) is 4. The number of likely N-dealkylation sites (tertiary alicyclic amines) is 1. The third-order valence-corrected chi connectivity index (χ3v) is 3.83. The highest BCUT2D eigenvalue weighted by Crippen LogP contribution is 2.31. The molecule has 2 aromatic rings. The molecule has 1 fully saturated rings. The van der Waals surface area contributed by atoms with E-state index in [2.05, 4.69) is 32.8 Å². The molecular formula is C15H18N4. The smallest absolute Gasteiger partial charge is 0.115 e. The third-order valence-electron chi connectivity index (χ3n) is 3.83. The van der Waals surface area contributed by atoms with Gasteiger partial charge < -0.3 is 0 Å². The Morgan fingerprint density at radius 3 is 2.95 bits per heavy atom. The van der Waals surface area contributed by atoms with Crippen LogP contribution >= 0.6 is 0 Å². The van der Waals surface area contributed by atoms with Crippen LogP contribution in [-0.4, -0.2) is 26.4 Å². The summed E-state index contributed by atoms with van der Waals surface area (Å²) in [6, 6.07) is 4.52. The fourth-order valence-corrected chi connectivity index (χ4v) is 2.73. The van der Waals surface area contributed by atoms with E-state index in [-0.39, 0.29) is 0 Å². The largest absolute Gasteiger partial charge is 0.290 e. The summed E-state index contributed by atoms with van der Waals surface area (Å²) < 4.78 is 0. The first-order valence-corrected chi connectivity index (χ1v) is 6.74. The Labute approximate surface area is 113 Å². The Morgan fingerprint density at radius 2 is 2.16 bits per heavy atom. The van der Waals surface area contributed by atoms with Gasteiger partial charge in [-0.3, -0.25) is 9.88 Å². The minimum atomic E-state index is 0.419. The summed E-state index contributed by atoms with van der Waals surface area (Å²) >= 11 is 0. The van der Waals surface area contributed by atoms with Crippen LogP contribution in [0, 0.1) is 6.92 Å². The van der Waals surface area contributed by atoms with Gasteiger partial charge in [0, 0.05) is 25.1 Å². The lowest BCUT2D eigenvalue weighted by molar-refractivity contribution is 0.243. The van der Waals surface area contributed by atoms with Crippen molar-refractivity contribution < 1.29 is 0 Å². The van der Waals surface area contributed by atoms with E-state index >= 15 is 0 Å². The minimum absolute atomic E-state index is 0.419. The topological polar surface area (TPSA) is 41.9 Å². The van der Waals surface area contributed by atoms with E-state index in [1.807, 2.05) is 24.7 Å². The second-order valence-corrected chi connectivity index (χ2v) is 5.06. The Morgan fingerprint density at radius 1 is 1.26 bits per heavy atom. The third kappa shape index (κ3) is 2.63. The van der Waals surface area contributed by atoms with Gasteiger partial charge in [-0.05, 0) is 49.6 Å². The summed E-state index contributed by atoms with van der Waals surface area (Å²) in [4.78, 5) is 15.1. The van der Waals surface area contributed by atoms with Gasteiger partial charge >= 0.3 is 0 Å². The zero-order chi connectivity index (χ0) is 13.1. The highest BCUT2D eigenvalue weighted by Gasteiger charge is 2.27. The van der Waals surface area contributed by atoms with E-state index < -0.39 is 0 Å². The summed E-state index contributed by atoms with van der Waals surface area (Å²) in [5.41, 5.74) is 3.75. The van der Waals surface area contributed by atoms with Gasteiger partial charge in [0.25, 0.3) is 0 Å². The molecule has 0 aliphatic carbocycles. The second-order valence-electron chi connectivity index (χ2n) is 5.06. The monoisotopic (exact) mass is 254 g/mol. The molecule has 3 heterocycles. The lowest BCUT2D eigenvalue weighted by atomic mass is 10.1. The van der Waals surface area contributed by atoms with Gasteiger partial charge in [0.15, 0.2) is 0 Å². The van der Waals surface area contributed by atoms with E-state index in [4.69, 9.17) is 0 Å². The maximum Gasteiger partial charge on any atom is 0.115 e. The Bertz CT molecular complexity index is 541. The molecule has 1 atom stereocenters. The van der Waals surface area contributed by atoms with Crippen molar-refractivity contribution in [1.82, 2.24) is 19.9 Å². The van der Waals surface area contributed by atoms with Crippen LogP contribution in [0.5, 0.6) is 0 Å². The molecule has 0 saturated carbocycles. The first-order chi connectivity index (χ1) is 9.34. The average Bonchev–Trinajstić information content (AvgIpc) is 2.91. The maximum atomic E-state index is 4.41. The van der Waals surface area contributed by atoms with Crippen LogP contribution < -0.4 is 0 Å². The molecule has 19 heavy (non-hydrogen) atoms. The molecule has 0 bridgehead atoms. The molecule has 4 nitrogen and oxygen atoms in total. The molecule has 0 aromatic carbocycles. The molecule has 2 aromatic heterocycles. The van der Waals surface area contributed by atoms with Crippen LogP contribution in [0.4, 0.5) is 0 Å². The van der Waals surface area contributed by atoms with Crippen LogP contribution in [0.3, 0.4) is 0 Å². The van der Waals surface area contributed by atoms with Crippen molar-refractivity contribution in [2.24, 2.45) is 0 Å². The van der Waals surface area contributed by atoms with Gasteiger partial charge in [0.05, 0.1) is 11.7 Å². The van der Waals surface area contributed by atoms with E-state index in [9.17, 15) is 0 Å². The van der Waals surface area contributed by atoms with Crippen molar-refractivity contribution in [1.29, 1.82) is 0 Å². The standard InChI is InChI=1S/C15H18N4/c1-12-4-6-16-9-13(12)10-19-8-2-3-15(19)14-5-7-17-11-18-14/h4-7,9,11,15H,2-3,8,10H2,1H3. The first-order valence-electron chi connectivity index (χ1n) is 6.74. The fraction of sp³-hybridized carbons (Fsp3) is 0.400. The zero-order valence-corrected chi connectivity index (χ0v) is 11.2. The maximum absolute atomic E-state index is 4.41. The van der Waals surface area contributed by atoms with Crippen molar-refractivity contribution in [3.8, 4) is 0 Å². The van der Waals surface area contributed by atoms with E-state index in [0.717, 1.165) is 18.8 Å². The molecule has 0 N–H and O–H groups in total. The SMILES string of the molecule is Cc1ccncc1CN1CCCC1c1ccncn1. The molecular weight excluding hydrogens is 236 g/mol. The van der Waals surface area contributed by atoms with Gasteiger partial charge in [0.2, 0.25) is 0 Å². The highest BCUT2D eigenvalue weighted by molar-refractivity contribution is 5.22. The van der Waals surface area contributed by atoms with E-state index in [1.54, 1.807) is 6.33 Å². The van der Waals surface area contributed by atoms with Crippen molar-refractivity contribution in [3.05, 3.63) is 53.9 Å². The van der Waals surface area contributed by atoms with Crippen LogP contribution in [0.2, 0.25) is 0 Å². The number of hydrogen-bond donors (Lipinski definition) is 0. The lowest BCUT2D eigenvalue weighted by Crippen LogP contribution is -2.24. The Balaban J connectivity index is 1.79. The van der Waals surface area contributed by atoms with E-state index in [0.29, 0.717) is 6.04 Å². The van der Waals surface area contributed by atoms with Crippen molar-refractivity contribution in [2.75, 3.05) is 6.54 Å². The number of rotatable bonds is 3. The molecule has 98 valence electrons. The molecule has 1 aliphatic rings. The molecule has 0 radical (unpaired) electrons. The number of pyridine rings is 1. The van der Waals surface area contributed by atoms with Crippen molar-refractivity contribution >= 4 is 0 Å². The van der Waals surface area contributed by atoms with E-state index in [1.165, 1.54) is 24.0 Å². The minimum Gasteiger partial charge on any atom is -0.290 e. The summed E-state index contributed by atoms with van der Waals surface area (Å²) in [6.45, 7) is 4.23. The Hall–Kier alpha value is -1.81. The first kappa shape index (κ1) is 12.2. The summed E-state index contributed by atoms with van der Waals surface area (Å²) in [5.74, 6) is 0. The predicted octanol–water partition coefficient (Wildman–Crippen LogP) is 2.52. The normalized spacial score (nSPS) is 19.7. The molecule has 0 amide bonds.